The van der Waals surface area contributed by atoms with Crippen molar-refractivity contribution in [3.05, 3.63) is 23.4 Å². The molecule has 1 aromatic heterocycles. The second-order valence-corrected chi connectivity index (χ2v) is 3.16. The molecule has 72 valence electrons. The van der Waals surface area contributed by atoms with E-state index in [0.29, 0.717) is 5.15 Å². The van der Waals surface area contributed by atoms with Crippen LogP contribution in [0.3, 0.4) is 0 Å². The normalized spacial score (nSPS) is 12.5. The van der Waals surface area contributed by atoms with Crippen LogP contribution in [-0.4, -0.2) is 24.7 Å². The number of hydrogen-bond acceptors (Lipinski definition) is 3. The molecule has 4 heteroatoms. The van der Waals surface area contributed by atoms with Gasteiger partial charge in [-0.3, -0.25) is 0 Å². The van der Waals surface area contributed by atoms with E-state index in [-0.39, 0.29) is 6.10 Å². The molecule has 0 fully saturated rings. The van der Waals surface area contributed by atoms with E-state index in [0.717, 1.165) is 12.4 Å². The third-order valence-corrected chi connectivity index (χ3v) is 1.90. The summed E-state index contributed by atoms with van der Waals surface area (Å²) < 4.78 is 5.08. The molecule has 0 bridgehead atoms. The number of halogens is 1. The van der Waals surface area contributed by atoms with Crippen LogP contribution in [0, 0.1) is 0 Å². The van der Waals surface area contributed by atoms with Gasteiger partial charge in [-0.05, 0) is 19.1 Å². The molecular formula is C9H13ClN2O. The number of methoxy groups -OCH3 is 1. The summed E-state index contributed by atoms with van der Waals surface area (Å²) in [7, 11) is 1.68. The lowest BCUT2D eigenvalue weighted by molar-refractivity contribution is 0.128. The first kappa shape index (κ1) is 10.3. The minimum absolute atomic E-state index is 0.167. The van der Waals surface area contributed by atoms with Gasteiger partial charge < -0.3 is 10.1 Å². The van der Waals surface area contributed by atoms with Gasteiger partial charge in [0, 0.05) is 13.7 Å². The number of hydrogen-bond donors (Lipinski definition) is 1. The number of pyridine rings is 1. The maximum Gasteiger partial charge on any atom is 0.131 e. The van der Waals surface area contributed by atoms with Gasteiger partial charge in [-0.2, -0.15) is 0 Å². The molecule has 0 aliphatic heterocycles. The van der Waals surface area contributed by atoms with Crippen molar-refractivity contribution in [1.29, 1.82) is 0 Å². The Morgan fingerprint density at radius 1 is 1.62 bits per heavy atom. The first-order valence-corrected chi connectivity index (χ1v) is 4.49. The first-order valence-electron chi connectivity index (χ1n) is 4.11. The van der Waals surface area contributed by atoms with Crippen molar-refractivity contribution < 1.29 is 4.74 Å². The van der Waals surface area contributed by atoms with Crippen LogP contribution >= 0.6 is 11.6 Å². The Balaban J connectivity index is 2.45. The Hall–Kier alpha value is -0.800. The smallest absolute Gasteiger partial charge is 0.131 e. The molecule has 3 nitrogen and oxygen atoms in total. The number of aromatic nitrogens is 1. The average molecular weight is 201 g/mol. The van der Waals surface area contributed by atoms with Crippen LogP contribution in [0.25, 0.3) is 0 Å². The Bertz CT molecular complexity index is 268. The third kappa shape index (κ3) is 3.61. The molecule has 1 atom stereocenters. The van der Waals surface area contributed by atoms with Crippen LogP contribution in [0.5, 0.6) is 0 Å². The highest BCUT2D eigenvalue weighted by atomic mass is 35.5. The first-order chi connectivity index (χ1) is 6.22. The molecule has 13 heavy (non-hydrogen) atoms. The fraction of sp³-hybridized carbons (Fsp3) is 0.444. The summed E-state index contributed by atoms with van der Waals surface area (Å²) >= 11 is 5.71. The van der Waals surface area contributed by atoms with Crippen molar-refractivity contribution in [2.75, 3.05) is 19.0 Å². The topological polar surface area (TPSA) is 34.1 Å². The molecule has 0 spiro atoms. The van der Waals surface area contributed by atoms with Crippen molar-refractivity contribution in [2.24, 2.45) is 0 Å². The molecule has 0 saturated carbocycles. The molecule has 0 amide bonds. The average Bonchev–Trinajstić information content (AvgIpc) is 2.14. The Morgan fingerprint density at radius 3 is 3.00 bits per heavy atom. The lowest BCUT2D eigenvalue weighted by Crippen LogP contribution is -2.18. The van der Waals surface area contributed by atoms with Crippen LogP contribution in [0.1, 0.15) is 6.92 Å². The molecule has 0 aliphatic rings. The standard InChI is InChI=1S/C9H13ClN2O/c1-7(13-2)6-11-9-5-3-4-8(10)12-9/h3-5,7H,6H2,1-2H3,(H,11,12). The summed E-state index contributed by atoms with van der Waals surface area (Å²) in [6.45, 7) is 2.71. The molecule has 1 N–H and O–H groups in total. The highest BCUT2D eigenvalue weighted by Crippen LogP contribution is 2.08. The van der Waals surface area contributed by atoms with Crippen molar-refractivity contribution in [1.82, 2.24) is 4.98 Å². The fourth-order valence-corrected chi connectivity index (χ4v) is 1.00. The van der Waals surface area contributed by atoms with Crippen LogP contribution < -0.4 is 5.32 Å². The molecule has 1 rings (SSSR count). The molecule has 0 aromatic carbocycles. The monoisotopic (exact) mass is 200 g/mol. The molecule has 1 aromatic rings. The minimum atomic E-state index is 0.167. The highest BCUT2D eigenvalue weighted by molar-refractivity contribution is 6.29. The van der Waals surface area contributed by atoms with E-state index in [4.69, 9.17) is 16.3 Å². The zero-order valence-electron chi connectivity index (χ0n) is 7.75. The number of anilines is 1. The predicted molar refractivity (Wildman–Crippen MR) is 54.2 cm³/mol. The summed E-state index contributed by atoms with van der Waals surface area (Å²) in [6, 6.07) is 5.47. The van der Waals surface area contributed by atoms with E-state index in [1.165, 1.54) is 0 Å². The van der Waals surface area contributed by atoms with Gasteiger partial charge >= 0.3 is 0 Å². The zero-order valence-corrected chi connectivity index (χ0v) is 8.51. The molecule has 1 unspecified atom stereocenters. The van der Waals surface area contributed by atoms with Gasteiger partial charge in [0.2, 0.25) is 0 Å². The van der Waals surface area contributed by atoms with Crippen LogP contribution in [-0.2, 0) is 4.74 Å². The SMILES string of the molecule is COC(C)CNc1cccc(Cl)n1. The van der Waals surface area contributed by atoms with E-state index in [9.17, 15) is 0 Å². The van der Waals surface area contributed by atoms with Gasteiger partial charge in [-0.15, -0.1) is 0 Å². The Labute approximate surface area is 83.1 Å². The summed E-state index contributed by atoms with van der Waals surface area (Å²) in [5, 5.41) is 3.61. The largest absolute Gasteiger partial charge is 0.380 e. The summed E-state index contributed by atoms with van der Waals surface area (Å²) in [4.78, 5) is 4.08. The van der Waals surface area contributed by atoms with Crippen LogP contribution in [0.2, 0.25) is 5.15 Å². The lowest BCUT2D eigenvalue weighted by Gasteiger charge is -2.10. The van der Waals surface area contributed by atoms with E-state index < -0.39 is 0 Å². The fourth-order valence-electron chi connectivity index (χ4n) is 0.838. The van der Waals surface area contributed by atoms with Crippen molar-refractivity contribution in [2.45, 2.75) is 13.0 Å². The summed E-state index contributed by atoms with van der Waals surface area (Å²) in [5.74, 6) is 0.774. The van der Waals surface area contributed by atoms with Crippen molar-refractivity contribution in [3.63, 3.8) is 0 Å². The second-order valence-electron chi connectivity index (χ2n) is 2.77. The maximum absolute atomic E-state index is 5.71. The highest BCUT2D eigenvalue weighted by Gasteiger charge is 1.99. The molecule has 1 heterocycles. The molecule has 0 radical (unpaired) electrons. The van der Waals surface area contributed by atoms with Gasteiger partial charge in [0.15, 0.2) is 0 Å². The number of ether oxygens (including phenoxy) is 1. The van der Waals surface area contributed by atoms with Gasteiger partial charge in [-0.25, -0.2) is 4.98 Å². The minimum Gasteiger partial charge on any atom is -0.380 e. The zero-order chi connectivity index (χ0) is 9.68. The number of nitrogens with zero attached hydrogens (tertiary/aromatic N) is 1. The number of rotatable bonds is 4. The molecule has 0 aliphatic carbocycles. The second kappa shape index (κ2) is 5.04. The van der Waals surface area contributed by atoms with Crippen LogP contribution in [0.15, 0.2) is 18.2 Å². The quantitative estimate of drug-likeness (QED) is 0.757. The van der Waals surface area contributed by atoms with Crippen molar-refractivity contribution in [3.8, 4) is 0 Å². The third-order valence-electron chi connectivity index (χ3n) is 1.69. The van der Waals surface area contributed by atoms with E-state index in [1.807, 2.05) is 19.1 Å². The van der Waals surface area contributed by atoms with Gasteiger partial charge in [0.1, 0.15) is 11.0 Å². The van der Waals surface area contributed by atoms with Crippen LogP contribution in [0.4, 0.5) is 5.82 Å². The Kier molecular flexibility index (Phi) is 3.99. The summed E-state index contributed by atoms with van der Waals surface area (Å²) in [6.07, 6.45) is 0.167. The van der Waals surface area contributed by atoms with E-state index >= 15 is 0 Å². The van der Waals surface area contributed by atoms with Gasteiger partial charge in [0.05, 0.1) is 6.10 Å². The van der Waals surface area contributed by atoms with Crippen molar-refractivity contribution >= 4 is 17.4 Å². The lowest BCUT2D eigenvalue weighted by atomic mass is 10.4. The van der Waals surface area contributed by atoms with Gasteiger partial charge in [-0.1, -0.05) is 17.7 Å². The Morgan fingerprint density at radius 2 is 2.38 bits per heavy atom. The van der Waals surface area contributed by atoms with E-state index in [1.54, 1.807) is 13.2 Å². The molecular weight excluding hydrogens is 188 g/mol. The van der Waals surface area contributed by atoms with Gasteiger partial charge in [0.25, 0.3) is 0 Å². The number of nitrogens with one attached hydrogen (secondary N) is 1. The summed E-state index contributed by atoms with van der Waals surface area (Å²) in [5.41, 5.74) is 0. The predicted octanol–water partition coefficient (Wildman–Crippen LogP) is 2.18. The molecule has 0 saturated heterocycles. The maximum atomic E-state index is 5.71. The van der Waals surface area contributed by atoms with E-state index in [2.05, 4.69) is 10.3 Å².